The molecule has 3 aromatic rings. The first-order valence-corrected chi connectivity index (χ1v) is 8.91. The van der Waals surface area contributed by atoms with Gasteiger partial charge in [-0.15, -0.1) is 0 Å². The van der Waals surface area contributed by atoms with Crippen LogP contribution in [0.5, 0.6) is 0 Å². The molecule has 2 nitrogen and oxygen atoms in total. The Balaban J connectivity index is 2.05. The molecule has 2 atom stereocenters. The molecule has 0 saturated heterocycles. The molecule has 27 heavy (non-hydrogen) atoms. The van der Waals surface area contributed by atoms with E-state index < -0.39 is 11.5 Å². The number of hydrogen-bond donors (Lipinski definition) is 1. The minimum Gasteiger partial charge on any atom is -0.380 e. The van der Waals surface area contributed by atoms with Crippen LogP contribution in [0.1, 0.15) is 23.6 Å². The lowest BCUT2D eigenvalue weighted by molar-refractivity contribution is -0.121. The molecule has 0 fully saturated rings. The van der Waals surface area contributed by atoms with Crippen LogP contribution in [0.25, 0.3) is 11.1 Å². The van der Waals surface area contributed by atoms with Gasteiger partial charge in [0, 0.05) is 11.1 Å². The second kappa shape index (κ2) is 6.60. The Labute approximate surface area is 157 Å². The lowest BCUT2D eigenvalue weighted by Gasteiger charge is -2.31. The molecule has 4 rings (SSSR count). The van der Waals surface area contributed by atoms with Crippen LogP contribution >= 0.6 is 0 Å². The second-order valence-corrected chi connectivity index (χ2v) is 6.84. The second-order valence-electron chi connectivity index (χ2n) is 6.84. The largest absolute Gasteiger partial charge is 0.380 e. The SMILES string of the molecule is C[C@H]1C(=O)C(c2ccc(F)cc2)=C(c2ccccc2)[C@@]1(O)c1ccccc1. The van der Waals surface area contributed by atoms with E-state index in [1.54, 1.807) is 19.1 Å². The molecular weight excluding hydrogens is 339 g/mol. The zero-order valence-corrected chi connectivity index (χ0v) is 14.9. The quantitative estimate of drug-likeness (QED) is 0.727. The lowest BCUT2D eigenvalue weighted by Crippen LogP contribution is -2.33. The van der Waals surface area contributed by atoms with Crippen LogP contribution in [-0.2, 0) is 10.4 Å². The Morgan fingerprint density at radius 2 is 1.37 bits per heavy atom. The molecule has 0 amide bonds. The fourth-order valence-corrected chi connectivity index (χ4v) is 3.90. The maximum Gasteiger partial charge on any atom is 0.170 e. The van der Waals surface area contributed by atoms with E-state index in [1.807, 2.05) is 60.7 Å². The first kappa shape index (κ1) is 17.4. The highest BCUT2D eigenvalue weighted by molar-refractivity contribution is 6.33. The molecule has 134 valence electrons. The van der Waals surface area contributed by atoms with Gasteiger partial charge in [0.25, 0.3) is 0 Å². The highest BCUT2D eigenvalue weighted by Gasteiger charge is 2.52. The summed E-state index contributed by atoms with van der Waals surface area (Å²) in [5.41, 5.74) is 1.61. The molecule has 0 saturated carbocycles. The third-order valence-corrected chi connectivity index (χ3v) is 5.31. The summed E-state index contributed by atoms with van der Waals surface area (Å²) in [6.07, 6.45) is 0. The van der Waals surface area contributed by atoms with E-state index in [1.165, 1.54) is 12.1 Å². The standard InChI is InChI=1S/C24H19FO2/c1-16-23(26)21(17-12-14-20(25)15-13-17)22(18-8-4-2-5-9-18)24(16,27)19-10-6-3-7-11-19/h2-16,27H,1H3/t16-,24-/m0/s1. The van der Waals surface area contributed by atoms with E-state index in [-0.39, 0.29) is 11.6 Å². The topological polar surface area (TPSA) is 37.3 Å². The van der Waals surface area contributed by atoms with E-state index in [4.69, 9.17) is 0 Å². The van der Waals surface area contributed by atoms with Gasteiger partial charge in [-0.25, -0.2) is 4.39 Å². The van der Waals surface area contributed by atoms with Crippen LogP contribution in [0.15, 0.2) is 84.9 Å². The van der Waals surface area contributed by atoms with Crippen molar-refractivity contribution < 1.29 is 14.3 Å². The first-order valence-electron chi connectivity index (χ1n) is 8.91. The van der Waals surface area contributed by atoms with Crippen LogP contribution in [0.4, 0.5) is 4.39 Å². The Kier molecular flexibility index (Phi) is 4.25. The Bertz CT molecular complexity index is 1010. The number of carbonyl (C=O) groups excluding carboxylic acids is 1. The van der Waals surface area contributed by atoms with E-state index in [0.29, 0.717) is 22.3 Å². The van der Waals surface area contributed by atoms with Crippen LogP contribution in [-0.4, -0.2) is 10.9 Å². The van der Waals surface area contributed by atoms with Crippen LogP contribution in [0, 0.1) is 11.7 Å². The highest BCUT2D eigenvalue weighted by atomic mass is 19.1. The van der Waals surface area contributed by atoms with E-state index >= 15 is 0 Å². The monoisotopic (exact) mass is 358 g/mol. The molecule has 3 heteroatoms. The van der Waals surface area contributed by atoms with Crippen molar-refractivity contribution in [2.75, 3.05) is 0 Å². The number of rotatable bonds is 3. The molecule has 0 radical (unpaired) electrons. The van der Waals surface area contributed by atoms with Gasteiger partial charge in [-0.1, -0.05) is 79.7 Å². The highest BCUT2D eigenvalue weighted by Crippen LogP contribution is 2.52. The maximum absolute atomic E-state index is 13.4. The van der Waals surface area contributed by atoms with Crippen molar-refractivity contribution in [2.45, 2.75) is 12.5 Å². The molecule has 1 aliphatic carbocycles. The summed E-state index contributed by atoms with van der Waals surface area (Å²) in [6.45, 7) is 1.74. The van der Waals surface area contributed by atoms with E-state index in [9.17, 15) is 14.3 Å². The number of benzene rings is 3. The average Bonchev–Trinajstić information content (AvgIpc) is 2.92. The Morgan fingerprint density at radius 3 is 1.96 bits per heavy atom. The van der Waals surface area contributed by atoms with Crippen molar-refractivity contribution in [1.29, 1.82) is 0 Å². The summed E-state index contributed by atoms with van der Waals surface area (Å²) in [5, 5.41) is 11.8. The van der Waals surface area contributed by atoms with Gasteiger partial charge in [0.1, 0.15) is 11.4 Å². The van der Waals surface area contributed by atoms with Crippen molar-refractivity contribution in [1.82, 2.24) is 0 Å². The van der Waals surface area contributed by atoms with Gasteiger partial charge in [0.15, 0.2) is 5.78 Å². The van der Waals surface area contributed by atoms with Crippen LogP contribution in [0.3, 0.4) is 0 Å². The number of hydrogen-bond acceptors (Lipinski definition) is 2. The molecule has 0 heterocycles. The zero-order valence-electron chi connectivity index (χ0n) is 14.9. The average molecular weight is 358 g/mol. The molecule has 0 aliphatic heterocycles. The molecule has 1 N–H and O–H groups in total. The van der Waals surface area contributed by atoms with E-state index in [2.05, 4.69) is 0 Å². The summed E-state index contributed by atoms with van der Waals surface area (Å²) >= 11 is 0. The van der Waals surface area contributed by atoms with Gasteiger partial charge in [-0.2, -0.15) is 0 Å². The molecule has 0 aromatic heterocycles. The lowest BCUT2D eigenvalue weighted by atomic mass is 9.78. The van der Waals surface area contributed by atoms with Gasteiger partial charge >= 0.3 is 0 Å². The Hall–Kier alpha value is -3.04. The van der Waals surface area contributed by atoms with Crippen LogP contribution in [0.2, 0.25) is 0 Å². The summed E-state index contributed by atoms with van der Waals surface area (Å²) in [5.74, 6) is -1.17. The van der Waals surface area contributed by atoms with Crippen molar-refractivity contribution in [3.63, 3.8) is 0 Å². The summed E-state index contributed by atoms with van der Waals surface area (Å²) < 4.78 is 13.4. The fraction of sp³-hybridized carbons (Fsp3) is 0.125. The predicted molar refractivity (Wildman–Crippen MR) is 104 cm³/mol. The number of aliphatic hydroxyl groups is 1. The van der Waals surface area contributed by atoms with Crippen LogP contribution < -0.4 is 0 Å². The third-order valence-electron chi connectivity index (χ3n) is 5.31. The predicted octanol–water partition coefficient (Wildman–Crippen LogP) is 4.84. The van der Waals surface area contributed by atoms with Crippen molar-refractivity contribution >= 4 is 16.9 Å². The number of allylic oxidation sites excluding steroid dienone is 1. The summed E-state index contributed by atoms with van der Waals surface area (Å²) in [7, 11) is 0. The molecular formula is C24H19FO2. The third kappa shape index (κ3) is 2.71. The molecule has 0 unspecified atom stereocenters. The van der Waals surface area contributed by atoms with Gasteiger partial charge in [0.2, 0.25) is 0 Å². The number of ketones is 1. The molecule has 3 aromatic carbocycles. The van der Waals surface area contributed by atoms with E-state index in [0.717, 1.165) is 5.56 Å². The normalized spacial score (nSPS) is 22.3. The molecule has 0 spiro atoms. The number of halogens is 1. The smallest absolute Gasteiger partial charge is 0.170 e. The Morgan fingerprint density at radius 1 is 0.815 bits per heavy atom. The molecule has 1 aliphatic rings. The first-order chi connectivity index (χ1) is 13.0. The number of Topliss-reactive ketones (excluding diaryl/α,β-unsaturated/α-hetero) is 1. The fourth-order valence-electron chi connectivity index (χ4n) is 3.90. The minimum atomic E-state index is -1.45. The summed E-state index contributed by atoms with van der Waals surface area (Å²) in [4.78, 5) is 13.3. The van der Waals surface area contributed by atoms with Gasteiger partial charge < -0.3 is 5.11 Å². The van der Waals surface area contributed by atoms with Gasteiger partial charge in [-0.05, 0) is 28.8 Å². The van der Waals surface area contributed by atoms with Crippen molar-refractivity contribution in [2.24, 2.45) is 5.92 Å². The zero-order chi connectivity index (χ0) is 19.0. The summed E-state index contributed by atoms with van der Waals surface area (Å²) in [6, 6.07) is 24.5. The van der Waals surface area contributed by atoms with Crippen molar-refractivity contribution in [3.8, 4) is 0 Å². The van der Waals surface area contributed by atoms with Crippen molar-refractivity contribution in [3.05, 3.63) is 107 Å². The number of carbonyl (C=O) groups is 1. The minimum absolute atomic E-state index is 0.146. The van der Waals surface area contributed by atoms with Gasteiger partial charge in [-0.3, -0.25) is 4.79 Å². The van der Waals surface area contributed by atoms with Gasteiger partial charge in [0.05, 0.1) is 5.92 Å². The molecule has 0 bridgehead atoms. The maximum atomic E-state index is 13.4.